The fourth-order valence-electron chi connectivity index (χ4n) is 1.39. The fourth-order valence-corrected chi connectivity index (χ4v) is 2.77. The molecule has 1 aromatic rings. The average Bonchev–Trinajstić information content (AvgIpc) is 2.23. The summed E-state index contributed by atoms with van der Waals surface area (Å²) < 4.78 is 51.5. The van der Waals surface area contributed by atoms with E-state index in [0.717, 1.165) is 0 Å². The first-order valence-electron chi connectivity index (χ1n) is 5.34. The first-order valence-corrected chi connectivity index (χ1v) is 6.83. The number of aliphatic carboxylic acids is 1. The molecule has 19 heavy (non-hydrogen) atoms. The number of rotatable bonds is 5. The van der Waals surface area contributed by atoms with Crippen LogP contribution in [0.15, 0.2) is 23.1 Å². The van der Waals surface area contributed by atoms with Gasteiger partial charge < -0.3 is 5.11 Å². The summed E-state index contributed by atoms with van der Waals surface area (Å²) in [6.45, 7) is 3.01. The Morgan fingerprint density at radius 1 is 1.21 bits per heavy atom. The zero-order valence-electron chi connectivity index (χ0n) is 10.2. The largest absolute Gasteiger partial charge is 0.480 e. The quantitative estimate of drug-likeness (QED) is 0.858. The molecule has 0 radical (unpaired) electrons. The van der Waals surface area contributed by atoms with Gasteiger partial charge in [0.1, 0.15) is 17.7 Å². The molecule has 0 amide bonds. The first kappa shape index (κ1) is 15.5. The summed E-state index contributed by atoms with van der Waals surface area (Å²) in [6, 6.07) is 0.377. The third-order valence-electron chi connectivity index (χ3n) is 2.36. The Bertz CT molecular complexity index is 566. The number of carboxylic acid groups (broad SMARTS) is 1. The summed E-state index contributed by atoms with van der Waals surface area (Å²) in [4.78, 5) is 10.3. The zero-order chi connectivity index (χ0) is 14.8. The van der Waals surface area contributed by atoms with Crippen molar-refractivity contribution in [3.8, 4) is 0 Å². The van der Waals surface area contributed by atoms with E-state index in [0.29, 0.717) is 18.2 Å². The van der Waals surface area contributed by atoms with Crippen LogP contribution < -0.4 is 4.72 Å². The van der Waals surface area contributed by atoms with E-state index >= 15 is 0 Å². The Balaban J connectivity index is 3.13. The van der Waals surface area contributed by atoms with Crippen molar-refractivity contribution in [3.63, 3.8) is 0 Å². The normalized spacial score (nSPS) is 13.5. The number of carbonyl (C=O) groups is 1. The number of hydrogen-bond donors (Lipinski definition) is 2. The molecule has 0 saturated heterocycles. The van der Waals surface area contributed by atoms with Crippen molar-refractivity contribution in [1.82, 2.24) is 4.72 Å². The summed E-state index contributed by atoms with van der Waals surface area (Å²) in [6.07, 6.45) is 0. The Hall–Kier alpha value is -1.54. The molecule has 8 heteroatoms. The molecule has 0 aliphatic heterocycles. The first-order chi connectivity index (χ1) is 8.63. The highest BCUT2D eigenvalue weighted by Gasteiger charge is 2.28. The van der Waals surface area contributed by atoms with Gasteiger partial charge in [-0.3, -0.25) is 4.79 Å². The van der Waals surface area contributed by atoms with Crippen molar-refractivity contribution in [2.75, 3.05) is 0 Å². The number of hydrogen-bond acceptors (Lipinski definition) is 3. The highest BCUT2D eigenvalue weighted by atomic mass is 32.2. The average molecular weight is 293 g/mol. The van der Waals surface area contributed by atoms with Crippen molar-refractivity contribution in [3.05, 3.63) is 29.8 Å². The second-order valence-electron chi connectivity index (χ2n) is 4.29. The van der Waals surface area contributed by atoms with Gasteiger partial charge >= 0.3 is 5.97 Å². The van der Waals surface area contributed by atoms with Crippen molar-refractivity contribution in [2.24, 2.45) is 5.92 Å². The van der Waals surface area contributed by atoms with Gasteiger partial charge in [-0.1, -0.05) is 13.8 Å². The summed E-state index contributed by atoms with van der Waals surface area (Å²) >= 11 is 0. The Kier molecular flexibility index (Phi) is 4.59. The van der Waals surface area contributed by atoms with Crippen LogP contribution >= 0.6 is 0 Å². The number of nitrogens with one attached hydrogen (secondary N) is 1. The fraction of sp³-hybridized carbons (Fsp3) is 0.364. The second-order valence-corrected chi connectivity index (χ2v) is 6.00. The number of sulfonamides is 1. The predicted molar refractivity (Wildman–Crippen MR) is 62.9 cm³/mol. The van der Waals surface area contributed by atoms with Gasteiger partial charge in [-0.25, -0.2) is 17.2 Å². The molecule has 1 unspecified atom stereocenters. The van der Waals surface area contributed by atoms with Crippen LogP contribution in [0.1, 0.15) is 13.8 Å². The summed E-state index contributed by atoms with van der Waals surface area (Å²) in [5.41, 5.74) is 0. The van der Waals surface area contributed by atoms with E-state index in [1.165, 1.54) is 13.8 Å². The van der Waals surface area contributed by atoms with Crippen molar-refractivity contribution < 1.29 is 27.1 Å². The minimum atomic E-state index is -4.31. The minimum Gasteiger partial charge on any atom is -0.480 e. The monoisotopic (exact) mass is 293 g/mol. The van der Waals surface area contributed by atoms with Gasteiger partial charge in [0.05, 0.1) is 4.90 Å². The maximum absolute atomic E-state index is 13.0. The van der Waals surface area contributed by atoms with Crippen molar-refractivity contribution in [1.29, 1.82) is 0 Å². The topological polar surface area (TPSA) is 83.5 Å². The Morgan fingerprint density at radius 2 is 1.68 bits per heavy atom. The van der Waals surface area contributed by atoms with Crippen LogP contribution in [0.25, 0.3) is 0 Å². The van der Waals surface area contributed by atoms with Gasteiger partial charge in [0.15, 0.2) is 0 Å². The molecule has 1 atom stereocenters. The van der Waals surface area contributed by atoms with E-state index in [1.54, 1.807) is 0 Å². The van der Waals surface area contributed by atoms with Gasteiger partial charge in [0, 0.05) is 6.07 Å². The van der Waals surface area contributed by atoms with Crippen LogP contribution in [0.5, 0.6) is 0 Å². The number of carboxylic acids is 1. The lowest BCUT2D eigenvalue weighted by Gasteiger charge is -2.18. The van der Waals surface area contributed by atoms with E-state index in [9.17, 15) is 22.0 Å². The molecule has 5 nitrogen and oxygen atoms in total. The van der Waals surface area contributed by atoms with Crippen LogP contribution in [-0.4, -0.2) is 25.5 Å². The molecule has 0 heterocycles. The lowest BCUT2D eigenvalue weighted by molar-refractivity contribution is -0.140. The number of halogens is 2. The van der Waals surface area contributed by atoms with Crippen LogP contribution in [0.4, 0.5) is 8.78 Å². The minimum absolute atomic E-state index is 0.523. The van der Waals surface area contributed by atoms with Gasteiger partial charge in [-0.2, -0.15) is 4.72 Å². The molecule has 0 fully saturated rings. The van der Waals surface area contributed by atoms with Gasteiger partial charge in [0.2, 0.25) is 10.0 Å². The van der Waals surface area contributed by atoms with E-state index in [4.69, 9.17) is 5.11 Å². The highest BCUT2D eigenvalue weighted by molar-refractivity contribution is 7.89. The maximum atomic E-state index is 13.0. The Labute approximate surface area is 109 Å². The van der Waals surface area contributed by atoms with E-state index in [-0.39, 0.29) is 0 Å². The molecule has 0 aliphatic carbocycles. The van der Waals surface area contributed by atoms with Gasteiger partial charge in [0.25, 0.3) is 0 Å². The molecular formula is C11H13F2NO4S. The molecule has 0 saturated carbocycles. The molecule has 0 aliphatic rings. The van der Waals surface area contributed by atoms with E-state index in [2.05, 4.69) is 0 Å². The number of benzene rings is 1. The van der Waals surface area contributed by atoms with E-state index < -0.39 is 44.5 Å². The van der Waals surface area contributed by atoms with Crippen LogP contribution in [0, 0.1) is 17.6 Å². The maximum Gasteiger partial charge on any atom is 0.322 e. The molecule has 0 aromatic heterocycles. The van der Waals surface area contributed by atoms with Crippen LogP contribution in [0.2, 0.25) is 0 Å². The SMILES string of the molecule is CC(C)C(NS(=O)(=O)c1cc(F)cc(F)c1)C(=O)O. The van der Waals surface area contributed by atoms with E-state index in [1.807, 2.05) is 4.72 Å². The van der Waals surface area contributed by atoms with Crippen LogP contribution in [0.3, 0.4) is 0 Å². The summed E-state index contributed by atoms with van der Waals surface area (Å²) in [7, 11) is -4.31. The lowest BCUT2D eigenvalue weighted by Crippen LogP contribution is -2.44. The third kappa shape index (κ3) is 3.97. The molecular weight excluding hydrogens is 280 g/mol. The standard InChI is InChI=1S/C11H13F2NO4S/c1-6(2)10(11(15)16)14-19(17,18)9-4-7(12)3-8(13)5-9/h3-6,10,14H,1-2H3,(H,15,16). The van der Waals surface area contributed by atoms with Crippen molar-refractivity contribution in [2.45, 2.75) is 24.8 Å². The molecule has 1 aromatic carbocycles. The van der Waals surface area contributed by atoms with Crippen LogP contribution in [-0.2, 0) is 14.8 Å². The third-order valence-corrected chi connectivity index (χ3v) is 3.78. The summed E-state index contributed by atoms with van der Waals surface area (Å²) in [5, 5.41) is 8.89. The van der Waals surface area contributed by atoms with Crippen molar-refractivity contribution >= 4 is 16.0 Å². The molecule has 0 bridgehead atoms. The predicted octanol–water partition coefficient (Wildman–Crippen LogP) is 1.35. The Morgan fingerprint density at radius 3 is 2.05 bits per heavy atom. The molecule has 2 N–H and O–H groups in total. The lowest BCUT2D eigenvalue weighted by atomic mass is 10.1. The molecule has 0 spiro atoms. The van der Waals surface area contributed by atoms with Gasteiger partial charge in [-0.15, -0.1) is 0 Å². The zero-order valence-corrected chi connectivity index (χ0v) is 11.0. The second kappa shape index (κ2) is 5.62. The van der Waals surface area contributed by atoms with Gasteiger partial charge in [-0.05, 0) is 18.1 Å². The molecule has 106 valence electrons. The smallest absolute Gasteiger partial charge is 0.322 e. The summed E-state index contributed by atoms with van der Waals surface area (Å²) in [5.74, 6) is -4.00. The highest BCUT2D eigenvalue weighted by Crippen LogP contribution is 2.15. The molecule has 1 rings (SSSR count).